The lowest BCUT2D eigenvalue weighted by atomic mass is 10.0. The Morgan fingerprint density at radius 3 is 1.27 bits per heavy atom. The van der Waals surface area contributed by atoms with Gasteiger partial charge in [-0.25, -0.2) is 0 Å². The first-order valence-corrected chi connectivity index (χ1v) is 17.0. The number of hydrogen-bond acceptors (Lipinski definition) is 4. The fraction of sp³-hybridized carbons (Fsp3) is 0.771. The number of carbonyl (C=O) groups excluding carboxylic acids is 4. The lowest BCUT2D eigenvalue weighted by Crippen LogP contribution is -2.36. The summed E-state index contributed by atoms with van der Waals surface area (Å²) >= 11 is 0. The monoisotopic (exact) mass is 570 g/mol. The van der Waals surface area contributed by atoms with Crippen molar-refractivity contribution >= 4 is 23.6 Å². The van der Waals surface area contributed by atoms with Gasteiger partial charge in [0.2, 0.25) is 23.6 Å². The zero-order chi connectivity index (χ0) is 29.7. The van der Waals surface area contributed by atoms with Crippen LogP contribution < -0.4 is 0 Å². The lowest BCUT2D eigenvalue weighted by molar-refractivity contribution is -0.139. The standard InChI is InChI=1S/C35H58N2O4/c1-3-5-7-9-11-13-15-17-19-21-24-30-28-32(38)36(34(30)40)26-23-27-37-33(39)29-31(35(37)41)25-22-20-18-16-14-12-10-8-6-4-2/h19-22,30-31H,3-18,23-29H2,1-2H3/b21-19+,22-20+. The number of hydrogen-bond donors (Lipinski definition) is 0. The van der Waals surface area contributed by atoms with E-state index in [2.05, 4.69) is 38.2 Å². The fourth-order valence-electron chi connectivity index (χ4n) is 5.92. The minimum atomic E-state index is -0.278. The third-order valence-corrected chi connectivity index (χ3v) is 8.56. The van der Waals surface area contributed by atoms with Crippen LogP contribution in [-0.4, -0.2) is 46.5 Å². The molecule has 4 amide bonds. The molecule has 0 aromatic carbocycles. The number of nitrogens with zero attached hydrogens (tertiary/aromatic N) is 2. The van der Waals surface area contributed by atoms with E-state index in [9.17, 15) is 19.2 Å². The summed E-state index contributed by atoms with van der Waals surface area (Å²) in [7, 11) is 0. The van der Waals surface area contributed by atoms with Crippen molar-refractivity contribution in [3.8, 4) is 0 Å². The van der Waals surface area contributed by atoms with E-state index in [0.717, 1.165) is 12.8 Å². The largest absolute Gasteiger partial charge is 0.282 e. The predicted molar refractivity (Wildman–Crippen MR) is 167 cm³/mol. The van der Waals surface area contributed by atoms with Gasteiger partial charge in [0.1, 0.15) is 0 Å². The average Bonchev–Trinajstić information content (AvgIpc) is 3.39. The summed E-state index contributed by atoms with van der Waals surface area (Å²) in [6, 6.07) is 0. The topological polar surface area (TPSA) is 74.8 Å². The van der Waals surface area contributed by atoms with Gasteiger partial charge in [-0.05, 0) is 44.9 Å². The van der Waals surface area contributed by atoms with Crippen molar-refractivity contribution in [2.45, 2.75) is 149 Å². The minimum Gasteiger partial charge on any atom is -0.282 e. The van der Waals surface area contributed by atoms with Crippen LogP contribution in [0.1, 0.15) is 149 Å². The van der Waals surface area contributed by atoms with Gasteiger partial charge < -0.3 is 0 Å². The molecule has 2 saturated heterocycles. The minimum absolute atomic E-state index is 0.112. The van der Waals surface area contributed by atoms with Gasteiger partial charge in [-0.3, -0.25) is 29.0 Å². The van der Waals surface area contributed by atoms with E-state index >= 15 is 0 Å². The summed E-state index contributed by atoms with van der Waals surface area (Å²) in [6.07, 6.45) is 30.6. The molecule has 0 aromatic heterocycles. The average molecular weight is 571 g/mol. The maximum Gasteiger partial charge on any atom is 0.233 e. The molecule has 0 radical (unpaired) electrons. The second kappa shape index (κ2) is 21.5. The SMILES string of the molecule is CCCCCCCCC/C=C/CC1CC(=O)N(CCCN2C(=O)CC(C/C=C/CCCCCCCCC)C2=O)C1=O. The Hall–Kier alpha value is -2.24. The number of unbranched alkanes of at least 4 members (excludes halogenated alkanes) is 14. The van der Waals surface area contributed by atoms with Gasteiger partial charge in [-0.15, -0.1) is 0 Å². The van der Waals surface area contributed by atoms with Crippen LogP contribution >= 0.6 is 0 Å². The Morgan fingerprint density at radius 1 is 0.512 bits per heavy atom. The van der Waals surface area contributed by atoms with Gasteiger partial charge in [0.05, 0.1) is 11.8 Å². The number of imide groups is 2. The molecule has 2 aliphatic heterocycles. The molecule has 0 spiro atoms. The van der Waals surface area contributed by atoms with Crippen molar-refractivity contribution in [2.24, 2.45) is 11.8 Å². The van der Waals surface area contributed by atoms with Crippen LogP contribution in [0.5, 0.6) is 0 Å². The van der Waals surface area contributed by atoms with Crippen LogP contribution in [0.2, 0.25) is 0 Å². The maximum atomic E-state index is 12.8. The Labute approximate surface area is 250 Å². The normalized spacial score (nSPS) is 19.8. The molecule has 6 heteroatoms. The first-order chi connectivity index (χ1) is 20.0. The second-order valence-corrected chi connectivity index (χ2v) is 12.2. The third-order valence-electron chi connectivity index (χ3n) is 8.56. The lowest BCUT2D eigenvalue weighted by Gasteiger charge is -2.18. The van der Waals surface area contributed by atoms with Crippen molar-refractivity contribution in [3.63, 3.8) is 0 Å². The number of likely N-dealkylation sites (tertiary alicyclic amines) is 2. The van der Waals surface area contributed by atoms with Gasteiger partial charge in [-0.1, -0.05) is 115 Å². The zero-order valence-electron chi connectivity index (χ0n) is 26.3. The molecule has 0 saturated carbocycles. The van der Waals surface area contributed by atoms with E-state index < -0.39 is 0 Å². The van der Waals surface area contributed by atoms with Crippen LogP contribution in [0.25, 0.3) is 0 Å². The molecule has 0 aromatic rings. The number of carbonyl (C=O) groups is 4. The molecule has 2 atom stereocenters. The van der Waals surface area contributed by atoms with E-state index in [1.807, 2.05) is 0 Å². The van der Waals surface area contributed by atoms with Gasteiger partial charge in [0, 0.05) is 25.9 Å². The highest BCUT2D eigenvalue weighted by Gasteiger charge is 2.39. The van der Waals surface area contributed by atoms with Crippen LogP contribution in [-0.2, 0) is 19.2 Å². The molecule has 232 valence electrons. The van der Waals surface area contributed by atoms with E-state index in [1.54, 1.807) is 0 Å². The Bertz CT molecular complexity index is 781. The molecule has 2 aliphatic rings. The second-order valence-electron chi connectivity index (χ2n) is 12.2. The van der Waals surface area contributed by atoms with Gasteiger partial charge in [-0.2, -0.15) is 0 Å². The zero-order valence-corrected chi connectivity index (χ0v) is 26.3. The van der Waals surface area contributed by atoms with Crippen LogP contribution in [0.4, 0.5) is 0 Å². The smallest absolute Gasteiger partial charge is 0.233 e. The van der Waals surface area contributed by atoms with Crippen molar-refractivity contribution in [3.05, 3.63) is 24.3 Å². The summed E-state index contributed by atoms with van der Waals surface area (Å²) in [6.45, 7) is 5.02. The highest BCUT2D eigenvalue weighted by Crippen LogP contribution is 2.26. The third kappa shape index (κ3) is 13.5. The Kier molecular flexibility index (Phi) is 18.3. The first-order valence-electron chi connectivity index (χ1n) is 17.0. The highest BCUT2D eigenvalue weighted by molar-refractivity contribution is 6.04. The van der Waals surface area contributed by atoms with Crippen LogP contribution in [0.15, 0.2) is 24.3 Å². The van der Waals surface area contributed by atoms with Gasteiger partial charge in [0.25, 0.3) is 0 Å². The summed E-state index contributed by atoms with van der Waals surface area (Å²) in [5.41, 5.74) is 0. The predicted octanol–water partition coefficient (Wildman–Crippen LogP) is 8.30. The molecule has 0 aliphatic carbocycles. The molecular formula is C35H58N2O4. The molecular weight excluding hydrogens is 512 g/mol. The maximum absolute atomic E-state index is 12.8. The van der Waals surface area contributed by atoms with Crippen molar-refractivity contribution in [2.75, 3.05) is 13.1 Å². The van der Waals surface area contributed by atoms with E-state index in [1.165, 1.54) is 99.7 Å². The number of amides is 4. The molecule has 2 heterocycles. The summed E-state index contributed by atoms with van der Waals surface area (Å²) < 4.78 is 0. The van der Waals surface area contributed by atoms with Crippen LogP contribution in [0.3, 0.4) is 0 Å². The Morgan fingerprint density at radius 2 is 0.878 bits per heavy atom. The van der Waals surface area contributed by atoms with Gasteiger partial charge in [0.15, 0.2) is 0 Å². The van der Waals surface area contributed by atoms with Crippen molar-refractivity contribution in [1.82, 2.24) is 9.80 Å². The Balaban J connectivity index is 1.60. The van der Waals surface area contributed by atoms with E-state index in [4.69, 9.17) is 0 Å². The molecule has 0 N–H and O–H groups in total. The molecule has 41 heavy (non-hydrogen) atoms. The first kappa shape index (κ1) is 35.0. The fourth-order valence-corrected chi connectivity index (χ4v) is 5.92. The van der Waals surface area contributed by atoms with E-state index in [-0.39, 0.29) is 61.4 Å². The highest BCUT2D eigenvalue weighted by atomic mass is 16.2. The molecule has 0 bridgehead atoms. The summed E-state index contributed by atoms with van der Waals surface area (Å²) in [4.78, 5) is 53.2. The molecule has 2 fully saturated rings. The molecule has 6 nitrogen and oxygen atoms in total. The molecule has 2 unspecified atom stereocenters. The summed E-state index contributed by atoms with van der Waals surface area (Å²) in [5.74, 6) is -1.05. The van der Waals surface area contributed by atoms with Crippen molar-refractivity contribution < 1.29 is 19.2 Å². The quantitative estimate of drug-likeness (QED) is 0.0664. The molecule has 2 rings (SSSR count). The van der Waals surface area contributed by atoms with Crippen molar-refractivity contribution in [1.29, 1.82) is 0 Å². The number of allylic oxidation sites excluding steroid dienone is 4. The van der Waals surface area contributed by atoms with Crippen LogP contribution in [0, 0.1) is 11.8 Å². The van der Waals surface area contributed by atoms with Gasteiger partial charge >= 0.3 is 0 Å². The van der Waals surface area contributed by atoms with E-state index in [0.29, 0.717) is 19.3 Å². The number of rotatable bonds is 24. The summed E-state index contributed by atoms with van der Waals surface area (Å²) in [5, 5.41) is 0.